The molecular formula is C17H20FNO. The van der Waals surface area contributed by atoms with Crippen LogP contribution in [0.25, 0.3) is 0 Å². The van der Waals surface area contributed by atoms with E-state index in [1.807, 2.05) is 0 Å². The normalized spacial score (nSPS) is 10.4. The minimum atomic E-state index is -0.249. The summed E-state index contributed by atoms with van der Waals surface area (Å²) in [5.74, 6) is 0.437. The zero-order valence-electron chi connectivity index (χ0n) is 12.2. The fraction of sp³-hybridized carbons (Fsp3) is 0.294. The van der Waals surface area contributed by atoms with Crippen LogP contribution in [0.3, 0.4) is 0 Å². The monoisotopic (exact) mass is 273 g/mol. The topological polar surface area (TPSA) is 21.3 Å². The molecule has 0 heterocycles. The molecule has 0 fully saturated rings. The molecule has 20 heavy (non-hydrogen) atoms. The van der Waals surface area contributed by atoms with Gasteiger partial charge in [0.2, 0.25) is 0 Å². The van der Waals surface area contributed by atoms with E-state index < -0.39 is 0 Å². The Balaban J connectivity index is 1.86. The molecule has 0 radical (unpaired) electrons. The zero-order chi connectivity index (χ0) is 14.5. The van der Waals surface area contributed by atoms with Gasteiger partial charge in [-0.15, -0.1) is 0 Å². The Morgan fingerprint density at radius 1 is 1.00 bits per heavy atom. The first-order valence-corrected chi connectivity index (χ1v) is 6.76. The molecule has 2 aromatic rings. The van der Waals surface area contributed by atoms with Gasteiger partial charge < -0.3 is 10.1 Å². The maximum atomic E-state index is 12.7. The number of aryl methyl sites for hydroxylation is 3. The Labute approximate surface area is 119 Å². The summed E-state index contributed by atoms with van der Waals surface area (Å²) >= 11 is 0. The summed E-state index contributed by atoms with van der Waals surface area (Å²) in [5, 5.41) is 3.39. The van der Waals surface area contributed by atoms with Crippen molar-refractivity contribution in [3.63, 3.8) is 0 Å². The summed E-state index contributed by atoms with van der Waals surface area (Å²) in [6.45, 7) is 7.55. The summed E-state index contributed by atoms with van der Waals surface area (Å²) < 4.78 is 18.3. The fourth-order valence-corrected chi connectivity index (χ4v) is 2.33. The van der Waals surface area contributed by atoms with Crippen LogP contribution in [0.4, 0.5) is 10.1 Å². The molecule has 0 saturated carbocycles. The lowest BCUT2D eigenvalue weighted by molar-refractivity contribution is 0.332. The zero-order valence-corrected chi connectivity index (χ0v) is 12.2. The van der Waals surface area contributed by atoms with Crippen LogP contribution >= 0.6 is 0 Å². The van der Waals surface area contributed by atoms with Crippen LogP contribution < -0.4 is 10.1 Å². The molecule has 0 amide bonds. The minimum Gasteiger partial charge on any atom is -0.492 e. The highest BCUT2D eigenvalue weighted by molar-refractivity contribution is 5.58. The highest BCUT2D eigenvalue weighted by atomic mass is 19.1. The van der Waals surface area contributed by atoms with Crippen molar-refractivity contribution >= 4 is 5.69 Å². The molecule has 1 N–H and O–H groups in total. The van der Waals surface area contributed by atoms with Crippen molar-refractivity contribution in [2.24, 2.45) is 0 Å². The number of hydrogen-bond acceptors (Lipinski definition) is 2. The fourth-order valence-electron chi connectivity index (χ4n) is 2.33. The maximum Gasteiger partial charge on any atom is 0.123 e. The molecule has 0 unspecified atom stereocenters. The molecule has 2 nitrogen and oxygen atoms in total. The Hall–Kier alpha value is -2.03. The van der Waals surface area contributed by atoms with E-state index in [0.717, 1.165) is 0 Å². The summed E-state index contributed by atoms with van der Waals surface area (Å²) in [5.41, 5.74) is 4.92. The second kappa shape index (κ2) is 6.42. The van der Waals surface area contributed by atoms with Crippen molar-refractivity contribution in [1.29, 1.82) is 0 Å². The smallest absolute Gasteiger partial charge is 0.123 e. The second-order valence-corrected chi connectivity index (χ2v) is 5.00. The van der Waals surface area contributed by atoms with Crippen molar-refractivity contribution < 1.29 is 9.13 Å². The van der Waals surface area contributed by atoms with Crippen LogP contribution in [0.15, 0.2) is 36.4 Å². The molecule has 2 rings (SSSR count). The number of hydrogen-bond donors (Lipinski definition) is 1. The van der Waals surface area contributed by atoms with Gasteiger partial charge in [-0.2, -0.15) is 0 Å². The Bertz CT molecular complexity index is 555. The molecule has 0 atom stereocenters. The van der Waals surface area contributed by atoms with E-state index in [-0.39, 0.29) is 5.82 Å². The van der Waals surface area contributed by atoms with Gasteiger partial charge in [-0.1, -0.05) is 17.7 Å². The molecule has 0 aliphatic heterocycles. The van der Waals surface area contributed by atoms with Crippen molar-refractivity contribution in [3.8, 4) is 5.75 Å². The average molecular weight is 273 g/mol. The van der Waals surface area contributed by atoms with E-state index in [1.165, 1.54) is 34.5 Å². The summed E-state index contributed by atoms with van der Waals surface area (Å²) in [6.07, 6.45) is 0. The predicted octanol–water partition coefficient (Wildman–Crippen LogP) is 4.24. The third-order valence-corrected chi connectivity index (χ3v) is 3.16. The van der Waals surface area contributed by atoms with E-state index in [1.54, 1.807) is 12.1 Å². The van der Waals surface area contributed by atoms with Crippen LogP contribution in [0.5, 0.6) is 5.75 Å². The van der Waals surface area contributed by atoms with Gasteiger partial charge in [0, 0.05) is 12.2 Å². The number of anilines is 1. The molecule has 106 valence electrons. The number of ether oxygens (including phenoxy) is 1. The third kappa shape index (κ3) is 3.73. The first-order valence-electron chi connectivity index (χ1n) is 6.76. The van der Waals surface area contributed by atoms with Gasteiger partial charge in [-0.3, -0.25) is 0 Å². The number of nitrogens with one attached hydrogen (secondary N) is 1. The van der Waals surface area contributed by atoms with E-state index in [4.69, 9.17) is 4.74 Å². The second-order valence-electron chi connectivity index (χ2n) is 5.00. The first-order chi connectivity index (χ1) is 9.56. The Morgan fingerprint density at radius 2 is 1.60 bits per heavy atom. The van der Waals surface area contributed by atoms with Crippen molar-refractivity contribution in [3.05, 3.63) is 58.9 Å². The largest absolute Gasteiger partial charge is 0.492 e. The van der Waals surface area contributed by atoms with Gasteiger partial charge >= 0.3 is 0 Å². The Morgan fingerprint density at radius 3 is 2.20 bits per heavy atom. The van der Waals surface area contributed by atoms with Gasteiger partial charge in [0.25, 0.3) is 0 Å². The van der Waals surface area contributed by atoms with Crippen LogP contribution in [-0.4, -0.2) is 13.2 Å². The first kappa shape index (κ1) is 14.4. The summed E-state index contributed by atoms with van der Waals surface area (Å²) in [6, 6.07) is 10.4. The maximum absolute atomic E-state index is 12.7. The molecule has 3 heteroatoms. The SMILES string of the molecule is Cc1cc(C)c(NCCOc2ccc(F)cc2)c(C)c1. The molecular weight excluding hydrogens is 253 g/mol. The standard InChI is InChI=1S/C17H20FNO/c1-12-10-13(2)17(14(3)11-12)19-8-9-20-16-6-4-15(18)5-7-16/h4-7,10-11,19H,8-9H2,1-3H3. The lowest BCUT2D eigenvalue weighted by Gasteiger charge is -2.14. The molecule has 0 saturated heterocycles. The summed E-state index contributed by atoms with van der Waals surface area (Å²) in [7, 11) is 0. The van der Waals surface area contributed by atoms with E-state index in [9.17, 15) is 4.39 Å². The van der Waals surface area contributed by atoms with Gasteiger partial charge in [0.1, 0.15) is 18.2 Å². The Kier molecular flexibility index (Phi) is 4.61. The van der Waals surface area contributed by atoms with Crippen LogP contribution in [0.1, 0.15) is 16.7 Å². The van der Waals surface area contributed by atoms with Crippen LogP contribution in [-0.2, 0) is 0 Å². The third-order valence-electron chi connectivity index (χ3n) is 3.16. The highest BCUT2D eigenvalue weighted by Crippen LogP contribution is 2.21. The number of rotatable bonds is 5. The van der Waals surface area contributed by atoms with E-state index in [0.29, 0.717) is 18.9 Å². The highest BCUT2D eigenvalue weighted by Gasteiger charge is 2.03. The number of halogens is 1. The molecule has 0 aliphatic rings. The summed E-state index contributed by atoms with van der Waals surface area (Å²) in [4.78, 5) is 0. The molecule has 2 aromatic carbocycles. The molecule has 0 aliphatic carbocycles. The van der Waals surface area contributed by atoms with Gasteiger partial charge in [0.05, 0.1) is 0 Å². The van der Waals surface area contributed by atoms with Crippen molar-refractivity contribution in [1.82, 2.24) is 0 Å². The lowest BCUT2D eigenvalue weighted by Crippen LogP contribution is -2.13. The molecule has 0 aromatic heterocycles. The van der Waals surface area contributed by atoms with Gasteiger partial charge in [0.15, 0.2) is 0 Å². The lowest BCUT2D eigenvalue weighted by atomic mass is 10.1. The predicted molar refractivity (Wildman–Crippen MR) is 81.0 cm³/mol. The number of benzene rings is 2. The van der Waals surface area contributed by atoms with E-state index >= 15 is 0 Å². The van der Waals surface area contributed by atoms with Crippen molar-refractivity contribution in [2.75, 3.05) is 18.5 Å². The molecule has 0 spiro atoms. The quantitative estimate of drug-likeness (QED) is 0.823. The van der Waals surface area contributed by atoms with Crippen LogP contribution in [0.2, 0.25) is 0 Å². The van der Waals surface area contributed by atoms with Crippen molar-refractivity contribution in [2.45, 2.75) is 20.8 Å². The molecule has 0 bridgehead atoms. The minimum absolute atomic E-state index is 0.249. The van der Waals surface area contributed by atoms with E-state index in [2.05, 4.69) is 38.2 Å². The average Bonchev–Trinajstić information content (AvgIpc) is 2.39. The van der Waals surface area contributed by atoms with Crippen LogP contribution in [0, 0.1) is 26.6 Å². The van der Waals surface area contributed by atoms with Gasteiger partial charge in [-0.05, 0) is 56.2 Å². The van der Waals surface area contributed by atoms with Gasteiger partial charge in [-0.25, -0.2) is 4.39 Å².